The molecule has 1 aliphatic heterocycles. The minimum Gasteiger partial charge on any atom is -0.355 e. The van der Waals surface area contributed by atoms with Crippen molar-refractivity contribution in [3.05, 3.63) is 87.7 Å². The third-order valence-corrected chi connectivity index (χ3v) is 6.36. The molecule has 3 aromatic rings. The van der Waals surface area contributed by atoms with Gasteiger partial charge in [-0.05, 0) is 62.4 Å². The van der Waals surface area contributed by atoms with Gasteiger partial charge in [0.25, 0.3) is 5.56 Å². The maximum atomic E-state index is 12.8. The third-order valence-electron chi connectivity index (χ3n) is 6.13. The van der Waals surface area contributed by atoms with E-state index in [1.807, 2.05) is 18.2 Å². The quantitative estimate of drug-likeness (QED) is 0.568. The van der Waals surface area contributed by atoms with E-state index in [1.54, 1.807) is 30.3 Å². The van der Waals surface area contributed by atoms with Gasteiger partial charge in [0.1, 0.15) is 5.82 Å². The predicted molar refractivity (Wildman–Crippen MR) is 132 cm³/mol. The van der Waals surface area contributed by atoms with Crippen LogP contribution in [-0.4, -0.2) is 34.8 Å². The highest BCUT2D eigenvalue weighted by Gasteiger charge is 2.26. The van der Waals surface area contributed by atoms with Crippen LogP contribution in [0.2, 0.25) is 5.02 Å². The van der Waals surface area contributed by atoms with Gasteiger partial charge in [-0.3, -0.25) is 9.59 Å². The highest BCUT2D eigenvalue weighted by atomic mass is 35.5. The van der Waals surface area contributed by atoms with Crippen LogP contribution in [0.3, 0.4) is 0 Å². The van der Waals surface area contributed by atoms with Gasteiger partial charge in [0.2, 0.25) is 5.91 Å². The highest BCUT2D eigenvalue weighted by Crippen LogP contribution is 2.22. The zero-order valence-electron chi connectivity index (χ0n) is 18.8. The fourth-order valence-electron chi connectivity index (χ4n) is 4.19. The van der Waals surface area contributed by atoms with E-state index in [1.165, 1.54) is 16.3 Å². The summed E-state index contributed by atoms with van der Waals surface area (Å²) >= 11 is 6.08. The van der Waals surface area contributed by atoms with Crippen LogP contribution in [0.15, 0.2) is 71.5 Å². The zero-order valence-corrected chi connectivity index (χ0v) is 19.5. The summed E-state index contributed by atoms with van der Waals surface area (Å²) in [5, 5.41) is 8.29. The van der Waals surface area contributed by atoms with Crippen molar-refractivity contribution in [2.45, 2.75) is 38.6 Å². The number of amides is 1. The van der Waals surface area contributed by atoms with E-state index in [4.69, 9.17) is 11.6 Å². The number of benzene rings is 2. The molecule has 1 N–H and O–H groups in total. The Labute approximate surface area is 199 Å². The lowest BCUT2D eigenvalue weighted by Gasteiger charge is -2.32. The first kappa shape index (κ1) is 23.1. The standard InChI is InChI=1S/C26H29ClN4O2/c1-19(10-11-20-6-3-2-4-7-20)28-26(33)21-14-16-30(17-15-21)24-12-13-25(32)31(29-24)23-9-5-8-22(27)18-23/h2-9,12-13,18-19,21H,10-11,14-17H2,1H3,(H,28,33)/t19-/m0/s1. The Balaban J connectivity index is 1.32. The van der Waals surface area contributed by atoms with Gasteiger partial charge in [-0.1, -0.05) is 48.0 Å². The number of nitrogens with zero attached hydrogens (tertiary/aromatic N) is 3. The Kier molecular flexibility index (Phi) is 7.45. The van der Waals surface area contributed by atoms with Crippen LogP contribution in [-0.2, 0) is 11.2 Å². The minimum atomic E-state index is -0.209. The van der Waals surface area contributed by atoms with Crippen LogP contribution in [0.25, 0.3) is 5.69 Å². The van der Waals surface area contributed by atoms with Crippen LogP contribution < -0.4 is 15.8 Å². The molecule has 1 fully saturated rings. The molecule has 4 rings (SSSR count). The molecule has 1 aliphatic rings. The van der Waals surface area contributed by atoms with Crippen LogP contribution >= 0.6 is 11.6 Å². The Morgan fingerprint density at radius 3 is 2.58 bits per heavy atom. The Hall–Kier alpha value is -3.12. The summed E-state index contributed by atoms with van der Waals surface area (Å²) in [5.74, 6) is 0.857. The number of carbonyl (C=O) groups is 1. The molecule has 0 radical (unpaired) electrons. The molecule has 6 nitrogen and oxygen atoms in total. The molecule has 1 saturated heterocycles. The van der Waals surface area contributed by atoms with Crippen LogP contribution in [0.5, 0.6) is 0 Å². The molecule has 0 bridgehead atoms. The van der Waals surface area contributed by atoms with Gasteiger partial charge in [0.15, 0.2) is 0 Å². The average molecular weight is 465 g/mol. The molecule has 1 aromatic heterocycles. The lowest BCUT2D eigenvalue weighted by atomic mass is 9.95. The molecule has 33 heavy (non-hydrogen) atoms. The number of rotatable bonds is 7. The second-order valence-electron chi connectivity index (χ2n) is 8.62. The number of aryl methyl sites for hydroxylation is 1. The first-order valence-electron chi connectivity index (χ1n) is 11.4. The second-order valence-corrected chi connectivity index (χ2v) is 9.05. The lowest BCUT2D eigenvalue weighted by molar-refractivity contribution is -0.126. The van der Waals surface area contributed by atoms with Crippen LogP contribution in [0.4, 0.5) is 5.82 Å². The Bertz CT molecular complexity index is 1140. The van der Waals surface area contributed by atoms with Gasteiger partial charge in [0.05, 0.1) is 5.69 Å². The van der Waals surface area contributed by atoms with Gasteiger partial charge in [-0.2, -0.15) is 4.68 Å². The topological polar surface area (TPSA) is 67.2 Å². The summed E-state index contributed by atoms with van der Waals surface area (Å²) in [5.41, 5.74) is 1.71. The number of hydrogen-bond donors (Lipinski definition) is 1. The van der Waals surface area contributed by atoms with Crippen molar-refractivity contribution in [2.75, 3.05) is 18.0 Å². The molecule has 0 spiro atoms. The van der Waals surface area contributed by atoms with Gasteiger partial charge in [0, 0.05) is 36.1 Å². The van der Waals surface area contributed by atoms with Gasteiger partial charge >= 0.3 is 0 Å². The summed E-state index contributed by atoms with van der Waals surface area (Å²) in [6, 6.07) is 20.8. The molecule has 172 valence electrons. The van der Waals surface area contributed by atoms with Crippen LogP contribution in [0, 0.1) is 5.92 Å². The van der Waals surface area contributed by atoms with E-state index < -0.39 is 0 Å². The summed E-state index contributed by atoms with van der Waals surface area (Å²) < 4.78 is 1.37. The summed E-state index contributed by atoms with van der Waals surface area (Å²) in [6.07, 6.45) is 3.39. The first-order chi connectivity index (χ1) is 16.0. The summed E-state index contributed by atoms with van der Waals surface area (Å²) in [4.78, 5) is 27.2. The Morgan fingerprint density at radius 1 is 1.09 bits per heavy atom. The van der Waals surface area contributed by atoms with Crippen molar-refractivity contribution in [1.82, 2.24) is 15.1 Å². The van der Waals surface area contributed by atoms with Gasteiger partial charge < -0.3 is 10.2 Å². The molecule has 2 aromatic carbocycles. The molecule has 1 atom stereocenters. The van der Waals surface area contributed by atoms with Crippen molar-refractivity contribution in [3.63, 3.8) is 0 Å². The molecular weight excluding hydrogens is 436 g/mol. The monoisotopic (exact) mass is 464 g/mol. The molecule has 0 aliphatic carbocycles. The molecule has 0 saturated carbocycles. The molecule has 0 unspecified atom stereocenters. The largest absolute Gasteiger partial charge is 0.355 e. The van der Waals surface area contributed by atoms with Crippen molar-refractivity contribution in [2.24, 2.45) is 5.92 Å². The van der Waals surface area contributed by atoms with E-state index in [0.717, 1.165) is 44.6 Å². The zero-order chi connectivity index (χ0) is 23.2. The number of nitrogens with one attached hydrogen (secondary N) is 1. The van der Waals surface area contributed by atoms with Crippen LogP contribution in [0.1, 0.15) is 31.7 Å². The smallest absolute Gasteiger partial charge is 0.271 e. The van der Waals surface area contributed by atoms with E-state index in [9.17, 15) is 9.59 Å². The summed E-state index contributed by atoms with van der Waals surface area (Å²) in [7, 11) is 0. The minimum absolute atomic E-state index is 0.000685. The van der Waals surface area contributed by atoms with Crippen molar-refractivity contribution in [3.8, 4) is 5.69 Å². The normalized spacial score (nSPS) is 15.3. The number of piperidine rings is 1. The van der Waals surface area contributed by atoms with E-state index in [2.05, 4.69) is 34.4 Å². The van der Waals surface area contributed by atoms with E-state index in [-0.39, 0.29) is 23.4 Å². The number of aromatic nitrogens is 2. The van der Waals surface area contributed by atoms with E-state index >= 15 is 0 Å². The predicted octanol–water partition coefficient (Wildman–Crippen LogP) is 4.24. The average Bonchev–Trinajstić information content (AvgIpc) is 2.84. The number of anilines is 1. The molecular formula is C26H29ClN4O2. The second kappa shape index (κ2) is 10.7. The van der Waals surface area contributed by atoms with E-state index in [0.29, 0.717) is 10.7 Å². The van der Waals surface area contributed by atoms with Gasteiger partial charge in [-0.25, -0.2) is 0 Å². The third kappa shape index (κ3) is 6.02. The van der Waals surface area contributed by atoms with Crippen molar-refractivity contribution < 1.29 is 4.79 Å². The fraction of sp³-hybridized carbons (Fsp3) is 0.346. The highest BCUT2D eigenvalue weighted by molar-refractivity contribution is 6.30. The van der Waals surface area contributed by atoms with Crippen molar-refractivity contribution >= 4 is 23.3 Å². The maximum Gasteiger partial charge on any atom is 0.271 e. The van der Waals surface area contributed by atoms with Gasteiger partial charge in [-0.15, -0.1) is 5.10 Å². The Morgan fingerprint density at radius 2 is 1.85 bits per heavy atom. The number of halogens is 1. The molecule has 1 amide bonds. The SMILES string of the molecule is C[C@@H](CCc1ccccc1)NC(=O)C1CCN(c2ccc(=O)n(-c3cccc(Cl)c3)n2)CC1. The first-order valence-corrected chi connectivity index (χ1v) is 11.8. The maximum absolute atomic E-state index is 12.8. The van der Waals surface area contributed by atoms with Crippen molar-refractivity contribution in [1.29, 1.82) is 0 Å². The molecule has 2 heterocycles. The molecule has 7 heteroatoms. The lowest BCUT2D eigenvalue weighted by Crippen LogP contribution is -2.43. The number of hydrogen-bond acceptors (Lipinski definition) is 4. The fourth-order valence-corrected chi connectivity index (χ4v) is 4.38. The summed E-state index contributed by atoms with van der Waals surface area (Å²) in [6.45, 7) is 3.51. The number of carbonyl (C=O) groups excluding carboxylic acids is 1.